The molecule has 2 rings (SSSR count). The average Bonchev–Trinajstić information content (AvgIpc) is 2.26. The first-order valence-electron chi connectivity index (χ1n) is 6.99. The van der Waals surface area contributed by atoms with Gasteiger partial charge < -0.3 is 10.0 Å². The molecule has 1 saturated carbocycles. The third-order valence-corrected chi connectivity index (χ3v) is 3.95. The normalized spacial score (nSPS) is 15.1. The van der Waals surface area contributed by atoms with E-state index in [1.54, 1.807) is 6.92 Å². The van der Waals surface area contributed by atoms with Crippen molar-refractivity contribution in [2.75, 3.05) is 18.0 Å². The molecular formula is C15H22N2O2. The molecule has 1 aliphatic carbocycles. The minimum atomic E-state index is -0.882. The van der Waals surface area contributed by atoms with E-state index in [2.05, 4.69) is 16.8 Å². The first kappa shape index (κ1) is 13.8. The fourth-order valence-corrected chi connectivity index (χ4v) is 2.71. The summed E-state index contributed by atoms with van der Waals surface area (Å²) < 4.78 is 0. The number of carboxylic acid groups (broad SMARTS) is 1. The maximum Gasteiger partial charge on any atom is 0.339 e. The molecule has 1 aliphatic rings. The van der Waals surface area contributed by atoms with Gasteiger partial charge in [0.15, 0.2) is 0 Å². The Morgan fingerprint density at radius 3 is 2.63 bits per heavy atom. The van der Waals surface area contributed by atoms with Gasteiger partial charge in [-0.1, -0.05) is 6.42 Å². The molecule has 104 valence electrons. The molecule has 1 aromatic heterocycles. The lowest BCUT2D eigenvalue weighted by molar-refractivity contribution is 0.0696. The zero-order valence-electron chi connectivity index (χ0n) is 11.9. The van der Waals surface area contributed by atoms with E-state index in [4.69, 9.17) is 0 Å². The largest absolute Gasteiger partial charge is 0.478 e. The summed E-state index contributed by atoms with van der Waals surface area (Å²) in [4.78, 5) is 17.9. The van der Waals surface area contributed by atoms with Gasteiger partial charge in [0.2, 0.25) is 0 Å². The number of anilines is 1. The molecule has 4 heteroatoms. The van der Waals surface area contributed by atoms with Crippen molar-refractivity contribution in [3.63, 3.8) is 0 Å². The third-order valence-electron chi connectivity index (χ3n) is 3.95. The lowest BCUT2D eigenvalue weighted by Gasteiger charge is -2.34. The number of aromatic nitrogens is 1. The minimum absolute atomic E-state index is 0.353. The molecule has 4 nitrogen and oxygen atoms in total. The molecule has 1 N–H and O–H groups in total. The highest BCUT2D eigenvalue weighted by molar-refractivity contribution is 5.95. The number of carboxylic acids is 1. The van der Waals surface area contributed by atoms with Crippen molar-refractivity contribution in [3.8, 4) is 0 Å². The lowest BCUT2D eigenvalue weighted by Crippen LogP contribution is -2.33. The number of rotatable bonds is 5. The summed E-state index contributed by atoms with van der Waals surface area (Å²) in [7, 11) is 0. The Balaban J connectivity index is 2.36. The number of aromatic carboxylic acids is 1. The van der Waals surface area contributed by atoms with E-state index in [0.717, 1.165) is 30.4 Å². The maximum atomic E-state index is 11.5. The van der Waals surface area contributed by atoms with Gasteiger partial charge in [-0.3, -0.25) is 4.98 Å². The first-order chi connectivity index (χ1) is 9.02. The van der Waals surface area contributed by atoms with E-state index >= 15 is 0 Å². The van der Waals surface area contributed by atoms with Gasteiger partial charge in [0.25, 0.3) is 0 Å². The maximum absolute atomic E-state index is 11.5. The van der Waals surface area contributed by atoms with Gasteiger partial charge in [0, 0.05) is 18.8 Å². The average molecular weight is 262 g/mol. The highest BCUT2D eigenvalue weighted by Gasteiger charge is 2.24. The number of hydrogen-bond donors (Lipinski definition) is 1. The van der Waals surface area contributed by atoms with Crippen LogP contribution in [0.3, 0.4) is 0 Å². The standard InChI is InChI=1S/C15H22N2O2/c1-4-17(9-12-6-5-7-12)13-8-10(2)16-11(3)14(13)15(18)19/h8,12H,4-7,9H2,1-3H3,(H,18,19). The lowest BCUT2D eigenvalue weighted by atomic mass is 9.85. The molecule has 0 radical (unpaired) electrons. The predicted molar refractivity (Wildman–Crippen MR) is 75.9 cm³/mol. The van der Waals surface area contributed by atoms with Crippen LogP contribution >= 0.6 is 0 Å². The van der Waals surface area contributed by atoms with Crippen molar-refractivity contribution < 1.29 is 9.90 Å². The van der Waals surface area contributed by atoms with Gasteiger partial charge in [-0.25, -0.2) is 4.79 Å². The zero-order chi connectivity index (χ0) is 14.0. The molecule has 0 bridgehead atoms. The van der Waals surface area contributed by atoms with E-state index in [-0.39, 0.29) is 0 Å². The Morgan fingerprint density at radius 2 is 2.16 bits per heavy atom. The Labute approximate surface area is 114 Å². The molecule has 19 heavy (non-hydrogen) atoms. The van der Waals surface area contributed by atoms with E-state index in [1.807, 2.05) is 13.0 Å². The second kappa shape index (κ2) is 5.59. The van der Waals surface area contributed by atoms with Crippen molar-refractivity contribution in [2.24, 2.45) is 5.92 Å². The van der Waals surface area contributed by atoms with E-state index in [1.165, 1.54) is 19.3 Å². The Hall–Kier alpha value is -1.58. The molecule has 0 saturated heterocycles. The second-order valence-corrected chi connectivity index (χ2v) is 5.38. The zero-order valence-corrected chi connectivity index (χ0v) is 11.9. The van der Waals surface area contributed by atoms with Crippen LogP contribution in [0.2, 0.25) is 0 Å². The summed E-state index contributed by atoms with van der Waals surface area (Å²) in [6.45, 7) is 7.56. The van der Waals surface area contributed by atoms with Crippen molar-refractivity contribution >= 4 is 11.7 Å². The van der Waals surface area contributed by atoms with Crippen LogP contribution in [0.25, 0.3) is 0 Å². The Kier molecular flexibility index (Phi) is 4.08. The summed E-state index contributed by atoms with van der Waals surface area (Å²) in [5, 5.41) is 9.42. The molecule has 1 heterocycles. The molecule has 0 spiro atoms. The molecule has 1 aromatic rings. The van der Waals surface area contributed by atoms with Crippen LogP contribution in [-0.4, -0.2) is 29.1 Å². The van der Waals surface area contributed by atoms with Crippen molar-refractivity contribution in [1.82, 2.24) is 4.98 Å². The van der Waals surface area contributed by atoms with Crippen LogP contribution in [0.5, 0.6) is 0 Å². The molecule has 0 amide bonds. The highest BCUT2D eigenvalue weighted by Crippen LogP contribution is 2.31. The predicted octanol–water partition coefficient (Wildman–Crippen LogP) is 3.02. The van der Waals surface area contributed by atoms with Gasteiger partial charge in [0.1, 0.15) is 5.56 Å². The van der Waals surface area contributed by atoms with Gasteiger partial charge in [0.05, 0.1) is 11.4 Å². The number of nitrogens with zero attached hydrogens (tertiary/aromatic N) is 2. The second-order valence-electron chi connectivity index (χ2n) is 5.38. The van der Waals surface area contributed by atoms with Crippen LogP contribution in [0.4, 0.5) is 5.69 Å². The van der Waals surface area contributed by atoms with E-state index in [0.29, 0.717) is 11.3 Å². The molecule has 1 fully saturated rings. The molecule has 0 aromatic carbocycles. The number of carbonyl (C=O) groups is 1. The van der Waals surface area contributed by atoms with Crippen LogP contribution in [0.15, 0.2) is 6.07 Å². The van der Waals surface area contributed by atoms with Gasteiger partial charge in [-0.15, -0.1) is 0 Å². The fraction of sp³-hybridized carbons (Fsp3) is 0.600. The Bertz CT molecular complexity index is 481. The fourth-order valence-electron chi connectivity index (χ4n) is 2.71. The van der Waals surface area contributed by atoms with Gasteiger partial charge >= 0.3 is 5.97 Å². The van der Waals surface area contributed by atoms with Crippen LogP contribution in [0, 0.1) is 19.8 Å². The molecule has 0 atom stereocenters. The first-order valence-corrected chi connectivity index (χ1v) is 6.99. The number of hydrogen-bond acceptors (Lipinski definition) is 3. The molecule has 0 unspecified atom stereocenters. The quantitative estimate of drug-likeness (QED) is 0.886. The van der Waals surface area contributed by atoms with Gasteiger partial charge in [-0.2, -0.15) is 0 Å². The number of aryl methyl sites for hydroxylation is 2. The van der Waals surface area contributed by atoms with E-state index in [9.17, 15) is 9.90 Å². The van der Waals surface area contributed by atoms with Crippen LogP contribution in [0.1, 0.15) is 47.9 Å². The molecular weight excluding hydrogens is 240 g/mol. The Morgan fingerprint density at radius 1 is 1.47 bits per heavy atom. The van der Waals surface area contributed by atoms with Crippen molar-refractivity contribution in [2.45, 2.75) is 40.0 Å². The minimum Gasteiger partial charge on any atom is -0.478 e. The summed E-state index contributed by atoms with van der Waals surface area (Å²) >= 11 is 0. The van der Waals surface area contributed by atoms with Gasteiger partial charge in [-0.05, 0) is 45.6 Å². The molecule has 0 aliphatic heterocycles. The smallest absolute Gasteiger partial charge is 0.339 e. The summed E-state index contributed by atoms with van der Waals surface area (Å²) in [6.07, 6.45) is 3.84. The summed E-state index contributed by atoms with van der Waals surface area (Å²) in [5.41, 5.74) is 2.66. The summed E-state index contributed by atoms with van der Waals surface area (Å²) in [6, 6.07) is 1.90. The third kappa shape index (κ3) is 2.88. The summed E-state index contributed by atoms with van der Waals surface area (Å²) in [5.74, 6) is -0.164. The van der Waals surface area contributed by atoms with Crippen LogP contribution < -0.4 is 4.90 Å². The van der Waals surface area contributed by atoms with Crippen LogP contribution in [-0.2, 0) is 0 Å². The van der Waals surface area contributed by atoms with E-state index < -0.39 is 5.97 Å². The SMILES string of the molecule is CCN(CC1CCC1)c1cc(C)nc(C)c1C(=O)O. The van der Waals surface area contributed by atoms with Crippen molar-refractivity contribution in [1.29, 1.82) is 0 Å². The monoisotopic (exact) mass is 262 g/mol. The highest BCUT2D eigenvalue weighted by atomic mass is 16.4. The van der Waals surface area contributed by atoms with Crippen molar-refractivity contribution in [3.05, 3.63) is 23.0 Å². The topological polar surface area (TPSA) is 53.4 Å². The number of pyridine rings is 1.